The van der Waals surface area contributed by atoms with E-state index >= 15 is 0 Å². The highest BCUT2D eigenvalue weighted by Crippen LogP contribution is 2.38. The summed E-state index contributed by atoms with van der Waals surface area (Å²) in [4.78, 5) is 28.1. The molecule has 12 heteroatoms. The standard InChI is InChI=1S/C18H28BNO4.C12H24BNO4.CH4/c1-16(2,3)22-15(21)14-12-13(9-11-20-14)8-10-19-23-17(4,5)18(6,7)24-19;1-12(2,3)18-11(15)10-8-9(5-7-14-10)4-6-13(16)17;/h9,11-12H,8,10H2,1-7H3;9-10,14,16-17H,4-8H2,1-3H3;1H4. The maximum Gasteiger partial charge on any atom is 0.458 e. The molecule has 2 fully saturated rings. The van der Waals surface area contributed by atoms with Crippen molar-refractivity contribution in [3.63, 3.8) is 0 Å². The van der Waals surface area contributed by atoms with E-state index in [9.17, 15) is 9.59 Å². The van der Waals surface area contributed by atoms with E-state index in [1.165, 1.54) is 0 Å². The van der Waals surface area contributed by atoms with Crippen LogP contribution in [0.2, 0.25) is 12.6 Å². The first-order valence-corrected chi connectivity index (χ1v) is 15.0. The van der Waals surface area contributed by atoms with Crippen LogP contribution in [-0.2, 0) is 30.0 Å². The normalized spacial score (nSPS) is 21.2. The Morgan fingerprint density at radius 2 is 1.65 bits per heavy atom. The van der Waals surface area contributed by atoms with Crippen LogP contribution in [0.15, 0.2) is 18.3 Å². The Hall–Kier alpha value is -1.98. The van der Waals surface area contributed by atoms with E-state index in [4.69, 9.17) is 28.8 Å². The van der Waals surface area contributed by atoms with Crippen molar-refractivity contribution < 1.29 is 38.4 Å². The second-order valence-corrected chi connectivity index (χ2v) is 14.3. The van der Waals surface area contributed by atoms with Crippen molar-refractivity contribution in [3.05, 3.63) is 29.6 Å². The fraction of sp³-hybridized carbons (Fsp3) is 0.774. The zero-order chi connectivity index (χ0) is 31.9. The molecule has 3 rings (SSSR count). The molecular formula is C31H56B2N2O8. The predicted molar refractivity (Wildman–Crippen MR) is 171 cm³/mol. The second kappa shape index (κ2) is 15.8. The molecule has 43 heavy (non-hydrogen) atoms. The SMILES string of the molecule is C.CC(C)(C)OC(=O)C1CC(CCB(O)O)CCN1.CC(C)(C)OC(=O)c1cc(CCB2OC(C)(C)C(C)(C)O2)ccn1. The molecule has 0 saturated carbocycles. The summed E-state index contributed by atoms with van der Waals surface area (Å²) in [6.07, 6.45) is 5.89. The summed E-state index contributed by atoms with van der Waals surface area (Å²) in [7, 11) is -1.49. The van der Waals surface area contributed by atoms with Gasteiger partial charge in [-0.2, -0.15) is 0 Å². The lowest BCUT2D eigenvalue weighted by molar-refractivity contribution is -0.158. The third-order valence-corrected chi connectivity index (χ3v) is 7.44. The molecule has 2 atom stereocenters. The van der Waals surface area contributed by atoms with Gasteiger partial charge in [0.15, 0.2) is 0 Å². The maximum atomic E-state index is 12.1. The number of piperidine rings is 1. The van der Waals surface area contributed by atoms with E-state index in [1.807, 2.05) is 75.3 Å². The molecule has 0 amide bonds. The fourth-order valence-electron chi connectivity index (χ4n) is 4.63. The summed E-state index contributed by atoms with van der Waals surface area (Å²) in [5.41, 5.74) is -0.295. The molecule has 0 bridgehead atoms. The summed E-state index contributed by atoms with van der Waals surface area (Å²) in [5, 5.41) is 20.9. The lowest BCUT2D eigenvalue weighted by Gasteiger charge is -2.32. The van der Waals surface area contributed by atoms with Crippen molar-refractivity contribution >= 4 is 26.2 Å². The third-order valence-electron chi connectivity index (χ3n) is 7.44. The van der Waals surface area contributed by atoms with Crippen LogP contribution >= 0.6 is 0 Å². The minimum absolute atomic E-state index is 0. The fourth-order valence-corrected chi connectivity index (χ4v) is 4.63. The van der Waals surface area contributed by atoms with Gasteiger partial charge in [-0.1, -0.05) is 13.8 Å². The summed E-state index contributed by atoms with van der Waals surface area (Å²) in [6.45, 7) is 20.0. The van der Waals surface area contributed by atoms with Gasteiger partial charge in [0.1, 0.15) is 22.9 Å². The van der Waals surface area contributed by atoms with Gasteiger partial charge < -0.3 is 34.1 Å². The van der Waals surface area contributed by atoms with Gasteiger partial charge in [0.25, 0.3) is 0 Å². The molecule has 0 spiro atoms. The maximum absolute atomic E-state index is 12.1. The highest BCUT2D eigenvalue weighted by Gasteiger charge is 2.50. The highest BCUT2D eigenvalue weighted by atomic mass is 16.7. The highest BCUT2D eigenvalue weighted by molar-refractivity contribution is 6.45. The van der Waals surface area contributed by atoms with Gasteiger partial charge in [-0.25, -0.2) is 9.78 Å². The third kappa shape index (κ3) is 13.7. The molecule has 1 aromatic heterocycles. The first-order chi connectivity index (χ1) is 19.2. The topological polar surface area (TPSA) is 136 Å². The summed E-state index contributed by atoms with van der Waals surface area (Å²) in [5.74, 6) is -0.262. The number of nitrogens with zero attached hydrogens (tertiary/aromatic N) is 1. The predicted octanol–water partition coefficient (Wildman–Crippen LogP) is 4.87. The van der Waals surface area contributed by atoms with Gasteiger partial charge in [-0.05, 0) is 131 Å². The van der Waals surface area contributed by atoms with Crippen molar-refractivity contribution in [3.8, 4) is 0 Å². The van der Waals surface area contributed by atoms with Crippen LogP contribution in [0.4, 0.5) is 0 Å². The van der Waals surface area contributed by atoms with Gasteiger partial charge in [0, 0.05) is 6.20 Å². The number of nitrogens with one attached hydrogen (secondary N) is 1. The zero-order valence-corrected chi connectivity index (χ0v) is 27.3. The molecule has 3 heterocycles. The quantitative estimate of drug-likeness (QED) is 0.278. The van der Waals surface area contributed by atoms with E-state index in [0.29, 0.717) is 24.4 Å². The number of aromatic nitrogens is 1. The van der Waals surface area contributed by atoms with E-state index in [0.717, 1.165) is 37.7 Å². The Labute approximate surface area is 260 Å². The molecule has 1 aromatic rings. The average Bonchev–Trinajstić information content (AvgIpc) is 3.06. The van der Waals surface area contributed by atoms with Crippen LogP contribution < -0.4 is 5.32 Å². The first-order valence-electron chi connectivity index (χ1n) is 15.0. The number of pyridine rings is 1. The van der Waals surface area contributed by atoms with Gasteiger partial charge in [0.2, 0.25) is 0 Å². The lowest BCUT2D eigenvalue weighted by Crippen LogP contribution is -2.46. The number of rotatable bonds is 8. The molecular weight excluding hydrogens is 550 g/mol. The molecule has 3 N–H and O–H groups in total. The monoisotopic (exact) mass is 606 g/mol. The largest absolute Gasteiger partial charge is 0.459 e. The molecule has 2 aliphatic rings. The van der Waals surface area contributed by atoms with Gasteiger partial charge >= 0.3 is 26.2 Å². The van der Waals surface area contributed by atoms with Crippen molar-refractivity contribution in [2.75, 3.05) is 6.54 Å². The molecule has 0 aliphatic carbocycles. The molecule has 2 aliphatic heterocycles. The van der Waals surface area contributed by atoms with Crippen LogP contribution in [0, 0.1) is 5.92 Å². The number of hydrogen-bond donors (Lipinski definition) is 3. The summed E-state index contributed by atoms with van der Waals surface area (Å²) >= 11 is 0. The second-order valence-electron chi connectivity index (χ2n) is 14.3. The van der Waals surface area contributed by atoms with Crippen LogP contribution in [-0.4, -0.2) is 76.2 Å². The molecule has 2 unspecified atom stereocenters. The molecule has 0 aromatic carbocycles. The van der Waals surface area contributed by atoms with Crippen molar-refractivity contribution in [1.29, 1.82) is 0 Å². The minimum Gasteiger partial charge on any atom is -0.459 e. The van der Waals surface area contributed by atoms with Crippen LogP contribution in [0.3, 0.4) is 0 Å². The van der Waals surface area contributed by atoms with E-state index < -0.39 is 24.3 Å². The number of esters is 2. The summed E-state index contributed by atoms with van der Waals surface area (Å²) in [6, 6.07) is 3.41. The Balaban J connectivity index is 0.000000438. The lowest BCUT2D eigenvalue weighted by atomic mass is 9.77. The van der Waals surface area contributed by atoms with E-state index in [-0.39, 0.29) is 37.8 Å². The Morgan fingerprint density at radius 1 is 1.07 bits per heavy atom. The van der Waals surface area contributed by atoms with E-state index in [1.54, 1.807) is 12.3 Å². The number of hydrogen-bond acceptors (Lipinski definition) is 10. The van der Waals surface area contributed by atoms with Crippen molar-refractivity contribution in [2.45, 2.75) is 143 Å². The van der Waals surface area contributed by atoms with Crippen LogP contribution in [0.5, 0.6) is 0 Å². The Bertz CT molecular complexity index is 1020. The Morgan fingerprint density at radius 3 is 2.19 bits per heavy atom. The number of carbonyl (C=O) groups is 2. The van der Waals surface area contributed by atoms with Crippen LogP contribution in [0.1, 0.15) is 112 Å². The Kier molecular flexibility index (Phi) is 14.4. The smallest absolute Gasteiger partial charge is 0.458 e. The first kappa shape index (κ1) is 39.0. The van der Waals surface area contributed by atoms with E-state index in [2.05, 4.69) is 10.3 Å². The average molecular weight is 606 g/mol. The zero-order valence-electron chi connectivity index (χ0n) is 27.3. The van der Waals surface area contributed by atoms with Gasteiger partial charge in [0.05, 0.1) is 11.2 Å². The molecule has 0 radical (unpaired) electrons. The molecule has 2 saturated heterocycles. The molecule has 10 nitrogen and oxygen atoms in total. The molecule has 244 valence electrons. The number of aryl methyl sites for hydroxylation is 1. The van der Waals surface area contributed by atoms with Gasteiger partial charge in [-0.3, -0.25) is 4.79 Å². The van der Waals surface area contributed by atoms with Crippen LogP contribution in [0.25, 0.3) is 0 Å². The summed E-state index contributed by atoms with van der Waals surface area (Å²) < 4.78 is 22.7. The van der Waals surface area contributed by atoms with Gasteiger partial charge in [-0.15, -0.1) is 0 Å². The number of ether oxygens (including phenoxy) is 2. The minimum atomic E-state index is -1.25. The van der Waals surface area contributed by atoms with Crippen molar-refractivity contribution in [2.24, 2.45) is 5.92 Å². The number of carbonyl (C=O) groups excluding carboxylic acids is 2. The van der Waals surface area contributed by atoms with Crippen molar-refractivity contribution in [1.82, 2.24) is 10.3 Å².